The number of thioether (sulfide) groups is 1. The highest BCUT2D eigenvalue weighted by molar-refractivity contribution is 7.99. The molecule has 8 heteroatoms. The molecule has 1 aliphatic heterocycles. The smallest absolute Gasteiger partial charge is 0.228 e. The molecule has 1 aromatic carbocycles. The Kier molecular flexibility index (Phi) is 6.74. The summed E-state index contributed by atoms with van der Waals surface area (Å²) >= 11 is 1.65. The van der Waals surface area contributed by atoms with Gasteiger partial charge < -0.3 is 18.8 Å². The Morgan fingerprint density at radius 3 is 2.83 bits per heavy atom. The molecule has 0 atom stereocenters. The molecule has 2 aromatic heterocycles. The average Bonchev–Trinajstić information content (AvgIpc) is 3.43. The van der Waals surface area contributed by atoms with Gasteiger partial charge in [0.15, 0.2) is 5.16 Å². The number of rotatable bonds is 9. The Labute approximate surface area is 175 Å². The van der Waals surface area contributed by atoms with Gasteiger partial charge in [-0.15, -0.1) is 10.2 Å². The van der Waals surface area contributed by atoms with E-state index in [-0.39, 0.29) is 0 Å². The largest absolute Gasteiger partial charge is 0.493 e. The molecule has 154 valence electrons. The maximum Gasteiger partial charge on any atom is 0.228 e. The third kappa shape index (κ3) is 5.13. The number of hydrogen-bond acceptors (Lipinski definition) is 7. The van der Waals surface area contributed by atoms with Gasteiger partial charge in [0.25, 0.3) is 0 Å². The van der Waals surface area contributed by atoms with Crippen molar-refractivity contribution in [2.24, 2.45) is 0 Å². The lowest BCUT2D eigenvalue weighted by atomic mass is 10.2. The molecule has 1 fully saturated rings. The maximum absolute atomic E-state index is 5.92. The Bertz CT molecular complexity index is 891. The van der Waals surface area contributed by atoms with Crippen LogP contribution in [-0.4, -0.2) is 53.4 Å². The number of morpholine rings is 1. The van der Waals surface area contributed by atoms with Gasteiger partial charge in [0, 0.05) is 18.8 Å². The van der Waals surface area contributed by atoms with E-state index in [1.165, 1.54) is 5.56 Å². The van der Waals surface area contributed by atoms with Gasteiger partial charge in [-0.05, 0) is 36.2 Å². The number of aromatic nitrogens is 3. The lowest BCUT2D eigenvalue weighted by molar-refractivity contribution is 0.121. The summed E-state index contributed by atoms with van der Waals surface area (Å²) in [5, 5.41) is 9.77. The first-order valence-corrected chi connectivity index (χ1v) is 10.9. The summed E-state index contributed by atoms with van der Waals surface area (Å²) in [4.78, 5) is 2.22. The van der Waals surface area contributed by atoms with Crippen LogP contribution in [0.4, 0.5) is 5.95 Å². The second-order valence-electron chi connectivity index (χ2n) is 6.75. The summed E-state index contributed by atoms with van der Waals surface area (Å²) in [5.74, 6) is 3.45. The minimum Gasteiger partial charge on any atom is -0.493 e. The summed E-state index contributed by atoms with van der Waals surface area (Å²) < 4.78 is 19.1. The molecule has 1 aliphatic rings. The van der Waals surface area contributed by atoms with Gasteiger partial charge >= 0.3 is 0 Å². The van der Waals surface area contributed by atoms with Gasteiger partial charge in [-0.2, -0.15) is 0 Å². The number of ether oxygens (including phenoxy) is 2. The third-order valence-corrected chi connectivity index (χ3v) is 5.71. The second-order valence-corrected chi connectivity index (χ2v) is 7.81. The van der Waals surface area contributed by atoms with Crippen molar-refractivity contribution in [1.29, 1.82) is 0 Å². The predicted molar refractivity (Wildman–Crippen MR) is 113 cm³/mol. The van der Waals surface area contributed by atoms with Crippen LogP contribution < -0.4 is 9.64 Å². The first-order chi connectivity index (χ1) is 14.3. The number of benzene rings is 1. The average molecular weight is 415 g/mol. The van der Waals surface area contributed by atoms with Crippen LogP contribution in [0.1, 0.15) is 18.2 Å². The number of nitrogens with zero attached hydrogens (tertiary/aromatic N) is 4. The van der Waals surface area contributed by atoms with Crippen LogP contribution in [0.5, 0.6) is 5.75 Å². The molecule has 3 aromatic rings. The van der Waals surface area contributed by atoms with Gasteiger partial charge in [-0.25, -0.2) is 0 Å². The topological polar surface area (TPSA) is 65.6 Å². The highest BCUT2D eigenvalue weighted by Gasteiger charge is 2.21. The molecular weight excluding hydrogens is 388 g/mol. The van der Waals surface area contributed by atoms with Crippen molar-refractivity contribution in [3.63, 3.8) is 0 Å². The van der Waals surface area contributed by atoms with Crippen molar-refractivity contribution < 1.29 is 13.9 Å². The number of hydrogen-bond donors (Lipinski definition) is 0. The molecular formula is C21H26N4O3S. The zero-order chi connectivity index (χ0) is 19.9. The fourth-order valence-corrected chi connectivity index (χ4v) is 3.98. The highest BCUT2D eigenvalue weighted by Crippen LogP contribution is 2.24. The van der Waals surface area contributed by atoms with E-state index in [4.69, 9.17) is 13.9 Å². The molecule has 4 rings (SSSR count). The molecule has 0 bridgehead atoms. The minimum atomic E-state index is 0.606. The SMILES string of the molecule is CCc1cccc(OCCSc2nnc(N3CCOCC3)n2Cc2ccco2)c1. The number of aryl methyl sites for hydroxylation is 1. The fraction of sp³-hybridized carbons (Fsp3) is 0.429. The van der Waals surface area contributed by atoms with Gasteiger partial charge in [0.1, 0.15) is 11.5 Å². The fourth-order valence-electron chi connectivity index (χ4n) is 3.23. The molecule has 3 heterocycles. The number of furan rings is 1. The zero-order valence-corrected chi connectivity index (χ0v) is 17.4. The van der Waals surface area contributed by atoms with Crippen molar-refractivity contribution in [2.45, 2.75) is 25.0 Å². The monoisotopic (exact) mass is 414 g/mol. The van der Waals surface area contributed by atoms with Crippen LogP contribution in [0.25, 0.3) is 0 Å². The van der Waals surface area contributed by atoms with Crippen LogP contribution >= 0.6 is 11.8 Å². The van der Waals surface area contributed by atoms with E-state index in [0.29, 0.717) is 26.4 Å². The van der Waals surface area contributed by atoms with E-state index in [1.54, 1.807) is 18.0 Å². The van der Waals surface area contributed by atoms with Gasteiger partial charge in [0.2, 0.25) is 5.95 Å². The molecule has 1 saturated heterocycles. The van der Waals surface area contributed by atoms with Gasteiger partial charge in [-0.3, -0.25) is 4.57 Å². The summed E-state index contributed by atoms with van der Waals surface area (Å²) in [6.45, 7) is 6.41. The molecule has 0 unspecified atom stereocenters. The van der Waals surface area contributed by atoms with Crippen molar-refractivity contribution >= 4 is 17.7 Å². The van der Waals surface area contributed by atoms with Crippen LogP contribution in [0.3, 0.4) is 0 Å². The van der Waals surface area contributed by atoms with E-state index in [1.807, 2.05) is 24.3 Å². The van der Waals surface area contributed by atoms with Crippen molar-refractivity contribution in [3.05, 3.63) is 54.0 Å². The Balaban J connectivity index is 1.41. The Morgan fingerprint density at radius 2 is 2.03 bits per heavy atom. The minimum absolute atomic E-state index is 0.606. The normalized spacial score (nSPS) is 14.3. The molecule has 0 spiro atoms. The predicted octanol–water partition coefficient (Wildman–Crippen LogP) is 3.49. The molecule has 0 saturated carbocycles. The molecule has 0 amide bonds. The first kappa shape index (κ1) is 19.8. The van der Waals surface area contributed by atoms with E-state index >= 15 is 0 Å². The quantitative estimate of drug-likeness (QED) is 0.392. The summed E-state index contributed by atoms with van der Waals surface area (Å²) in [5.41, 5.74) is 1.28. The Hall–Kier alpha value is -2.45. The maximum atomic E-state index is 5.92. The third-order valence-electron chi connectivity index (χ3n) is 4.78. The summed E-state index contributed by atoms with van der Waals surface area (Å²) in [7, 11) is 0. The van der Waals surface area contributed by atoms with Crippen molar-refractivity contribution in [3.8, 4) is 5.75 Å². The van der Waals surface area contributed by atoms with Crippen molar-refractivity contribution in [1.82, 2.24) is 14.8 Å². The first-order valence-electron chi connectivity index (χ1n) is 9.96. The Morgan fingerprint density at radius 1 is 1.14 bits per heavy atom. The van der Waals surface area contributed by atoms with Gasteiger partial charge in [0.05, 0.1) is 32.6 Å². The van der Waals surface area contributed by atoms with Gasteiger partial charge in [-0.1, -0.05) is 30.8 Å². The molecule has 0 N–H and O–H groups in total. The lowest BCUT2D eigenvalue weighted by Gasteiger charge is -2.27. The van der Waals surface area contributed by atoms with E-state index in [0.717, 1.165) is 47.9 Å². The molecule has 29 heavy (non-hydrogen) atoms. The summed E-state index contributed by atoms with van der Waals surface area (Å²) in [6, 6.07) is 12.1. The van der Waals surface area contributed by atoms with Crippen LogP contribution in [0, 0.1) is 0 Å². The van der Waals surface area contributed by atoms with E-state index in [2.05, 4.69) is 38.7 Å². The molecule has 0 radical (unpaired) electrons. The second kappa shape index (κ2) is 9.84. The standard InChI is InChI=1S/C21H26N4O3S/c1-2-17-5-3-6-18(15-17)28-13-14-29-21-23-22-20(24-8-11-26-12-9-24)25(21)16-19-7-4-10-27-19/h3-7,10,15H,2,8-9,11-14,16H2,1H3. The molecule has 0 aliphatic carbocycles. The van der Waals surface area contributed by atoms with Crippen LogP contribution in [-0.2, 0) is 17.7 Å². The van der Waals surface area contributed by atoms with E-state index < -0.39 is 0 Å². The highest BCUT2D eigenvalue weighted by atomic mass is 32.2. The molecule has 7 nitrogen and oxygen atoms in total. The van der Waals surface area contributed by atoms with Crippen LogP contribution in [0.15, 0.2) is 52.2 Å². The van der Waals surface area contributed by atoms with Crippen LogP contribution in [0.2, 0.25) is 0 Å². The lowest BCUT2D eigenvalue weighted by Crippen LogP contribution is -2.38. The number of anilines is 1. The van der Waals surface area contributed by atoms with Crippen molar-refractivity contribution in [2.75, 3.05) is 43.6 Å². The summed E-state index contributed by atoms with van der Waals surface area (Å²) in [6.07, 6.45) is 2.70. The van der Waals surface area contributed by atoms with E-state index in [9.17, 15) is 0 Å². The zero-order valence-electron chi connectivity index (χ0n) is 16.6.